The summed E-state index contributed by atoms with van der Waals surface area (Å²) in [5.41, 5.74) is 2.40. The number of hydrogen-bond donors (Lipinski definition) is 2. The molecule has 1 aromatic carbocycles. The molecule has 1 saturated heterocycles. The van der Waals surface area contributed by atoms with E-state index in [4.69, 9.17) is 4.74 Å². The normalized spacial score (nSPS) is 19.7. The van der Waals surface area contributed by atoms with E-state index in [-0.39, 0.29) is 42.4 Å². The highest BCUT2D eigenvalue weighted by Crippen LogP contribution is 2.33. The lowest BCUT2D eigenvalue weighted by Crippen LogP contribution is -2.42. The van der Waals surface area contributed by atoms with Gasteiger partial charge in [-0.3, -0.25) is 9.56 Å². The molecule has 0 amide bonds. The molecule has 2 atom stereocenters. The molecule has 1 aromatic heterocycles. The molecule has 0 aliphatic carbocycles. The Kier molecular flexibility index (Phi) is 9.28. The van der Waals surface area contributed by atoms with Crippen LogP contribution in [0.4, 0.5) is 8.78 Å². The fourth-order valence-electron chi connectivity index (χ4n) is 3.45. The average Bonchev–Trinajstić information content (AvgIpc) is 3.18. The van der Waals surface area contributed by atoms with E-state index >= 15 is 0 Å². The second kappa shape index (κ2) is 11.4. The SMILES string of the molecule is CN=C(NCc1nccn1C(F)F)NCC1CCCOC1c1ccc(C)cc1.I. The van der Waals surface area contributed by atoms with Crippen LogP contribution in [0.3, 0.4) is 0 Å². The van der Waals surface area contributed by atoms with Crippen LogP contribution >= 0.6 is 24.0 Å². The number of hydrogen-bond acceptors (Lipinski definition) is 3. The number of benzene rings is 1. The van der Waals surface area contributed by atoms with Crippen molar-refractivity contribution in [2.45, 2.75) is 39.0 Å². The monoisotopic (exact) mass is 519 g/mol. The highest BCUT2D eigenvalue weighted by Gasteiger charge is 2.27. The molecule has 2 unspecified atom stereocenters. The third-order valence-electron chi connectivity index (χ3n) is 4.98. The molecule has 160 valence electrons. The van der Waals surface area contributed by atoms with E-state index in [0.717, 1.165) is 24.0 Å². The van der Waals surface area contributed by atoms with Crippen LogP contribution in [0.2, 0.25) is 0 Å². The highest BCUT2D eigenvalue weighted by molar-refractivity contribution is 14.0. The Hall–Kier alpha value is -1.75. The summed E-state index contributed by atoms with van der Waals surface area (Å²) < 4.78 is 32.7. The number of aliphatic imine (C=N–C) groups is 1. The van der Waals surface area contributed by atoms with Crippen molar-refractivity contribution < 1.29 is 13.5 Å². The summed E-state index contributed by atoms with van der Waals surface area (Å²) >= 11 is 0. The van der Waals surface area contributed by atoms with Crippen LogP contribution in [-0.4, -0.2) is 35.7 Å². The molecule has 0 bridgehead atoms. The van der Waals surface area contributed by atoms with E-state index in [2.05, 4.69) is 51.8 Å². The molecule has 2 N–H and O–H groups in total. The number of imidazole rings is 1. The lowest BCUT2D eigenvalue weighted by Gasteiger charge is -2.32. The summed E-state index contributed by atoms with van der Waals surface area (Å²) in [5.74, 6) is 1.12. The summed E-state index contributed by atoms with van der Waals surface area (Å²) in [6.07, 6.45) is 4.75. The molecule has 0 saturated carbocycles. The van der Waals surface area contributed by atoms with Crippen LogP contribution in [0.15, 0.2) is 41.7 Å². The van der Waals surface area contributed by atoms with Gasteiger partial charge in [-0.1, -0.05) is 29.8 Å². The van der Waals surface area contributed by atoms with E-state index < -0.39 is 6.55 Å². The number of alkyl halides is 2. The molecular weight excluding hydrogens is 491 g/mol. The second-order valence-corrected chi connectivity index (χ2v) is 6.94. The van der Waals surface area contributed by atoms with Gasteiger partial charge in [0.2, 0.25) is 0 Å². The van der Waals surface area contributed by atoms with Crippen LogP contribution in [0.1, 0.15) is 42.4 Å². The van der Waals surface area contributed by atoms with E-state index in [0.29, 0.717) is 18.4 Å². The van der Waals surface area contributed by atoms with Gasteiger partial charge in [-0.15, -0.1) is 24.0 Å². The molecule has 1 fully saturated rings. The minimum absolute atomic E-state index is 0. The van der Waals surface area contributed by atoms with E-state index in [1.54, 1.807) is 7.05 Å². The van der Waals surface area contributed by atoms with Crippen molar-refractivity contribution in [3.63, 3.8) is 0 Å². The maximum absolute atomic E-state index is 12.9. The highest BCUT2D eigenvalue weighted by atomic mass is 127. The lowest BCUT2D eigenvalue weighted by molar-refractivity contribution is -0.0265. The van der Waals surface area contributed by atoms with Gasteiger partial charge in [0.15, 0.2) is 5.96 Å². The number of nitrogens with zero attached hydrogens (tertiary/aromatic N) is 3. The second-order valence-electron chi connectivity index (χ2n) is 6.94. The maximum atomic E-state index is 12.9. The van der Waals surface area contributed by atoms with Gasteiger partial charge in [0.1, 0.15) is 5.82 Å². The van der Waals surface area contributed by atoms with Gasteiger partial charge in [-0.25, -0.2) is 4.98 Å². The number of guanidine groups is 1. The summed E-state index contributed by atoms with van der Waals surface area (Å²) in [6, 6.07) is 8.44. The first-order valence-corrected chi connectivity index (χ1v) is 9.51. The Labute approximate surface area is 187 Å². The van der Waals surface area contributed by atoms with Gasteiger partial charge in [0, 0.05) is 38.5 Å². The number of halogens is 3. The number of rotatable bonds is 6. The first-order chi connectivity index (χ1) is 13.6. The smallest absolute Gasteiger partial charge is 0.319 e. The van der Waals surface area contributed by atoms with Crippen molar-refractivity contribution in [1.29, 1.82) is 0 Å². The zero-order valence-corrected chi connectivity index (χ0v) is 19.0. The fraction of sp³-hybridized carbons (Fsp3) is 0.500. The van der Waals surface area contributed by atoms with Crippen molar-refractivity contribution >= 4 is 29.9 Å². The van der Waals surface area contributed by atoms with Crippen LogP contribution in [0.25, 0.3) is 0 Å². The molecule has 6 nitrogen and oxygen atoms in total. The Balaban J connectivity index is 0.00000300. The van der Waals surface area contributed by atoms with E-state index in [1.165, 1.54) is 23.5 Å². The number of aryl methyl sites for hydroxylation is 1. The summed E-state index contributed by atoms with van der Waals surface area (Å²) in [5, 5.41) is 6.35. The van der Waals surface area contributed by atoms with Gasteiger partial charge in [-0.2, -0.15) is 8.78 Å². The van der Waals surface area contributed by atoms with E-state index in [9.17, 15) is 8.78 Å². The predicted octanol–water partition coefficient (Wildman–Crippen LogP) is 4.04. The minimum Gasteiger partial charge on any atom is -0.373 e. The molecule has 9 heteroatoms. The number of nitrogens with one attached hydrogen (secondary N) is 2. The topological polar surface area (TPSA) is 63.5 Å². The fourth-order valence-corrected chi connectivity index (χ4v) is 3.45. The zero-order chi connectivity index (χ0) is 19.9. The largest absolute Gasteiger partial charge is 0.373 e. The van der Waals surface area contributed by atoms with Crippen molar-refractivity contribution in [3.8, 4) is 0 Å². The average molecular weight is 519 g/mol. The standard InChI is InChI=1S/C20H27F2N5O.HI/c1-14-5-7-15(8-6-14)18-16(4-3-11-28-18)12-25-20(23-2)26-13-17-24-9-10-27(17)19(21)22;/h5-10,16,18-19H,3-4,11-13H2,1-2H3,(H2,23,25,26);1H. The first-order valence-electron chi connectivity index (χ1n) is 9.51. The molecule has 3 rings (SSSR count). The van der Waals surface area contributed by atoms with Crippen molar-refractivity contribution in [3.05, 3.63) is 53.6 Å². The molecule has 2 heterocycles. The maximum Gasteiger partial charge on any atom is 0.319 e. The van der Waals surface area contributed by atoms with Gasteiger partial charge in [0.05, 0.1) is 12.6 Å². The van der Waals surface area contributed by atoms with E-state index in [1.807, 2.05) is 0 Å². The quantitative estimate of drug-likeness (QED) is 0.344. The third kappa shape index (κ3) is 6.36. The van der Waals surface area contributed by atoms with Gasteiger partial charge in [0.25, 0.3) is 0 Å². The van der Waals surface area contributed by atoms with Crippen LogP contribution in [-0.2, 0) is 11.3 Å². The molecule has 0 radical (unpaired) electrons. The van der Waals surface area contributed by atoms with Crippen molar-refractivity contribution in [2.75, 3.05) is 20.2 Å². The Morgan fingerprint density at radius 2 is 2.07 bits per heavy atom. The molecule has 1 aliphatic rings. The molecular formula is C20H28F2IN5O. The lowest BCUT2D eigenvalue weighted by atomic mass is 9.89. The number of ether oxygens (including phenoxy) is 1. The molecule has 29 heavy (non-hydrogen) atoms. The van der Waals surface area contributed by atoms with Crippen LogP contribution in [0, 0.1) is 12.8 Å². The Bertz CT molecular complexity index is 781. The first kappa shape index (κ1) is 23.5. The predicted molar refractivity (Wildman–Crippen MR) is 120 cm³/mol. The summed E-state index contributed by atoms with van der Waals surface area (Å²) in [7, 11) is 1.66. The Morgan fingerprint density at radius 3 is 2.76 bits per heavy atom. The third-order valence-corrected chi connectivity index (χ3v) is 4.98. The van der Waals surface area contributed by atoms with Gasteiger partial charge in [-0.05, 0) is 25.3 Å². The summed E-state index contributed by atoms with van der Waals surface area (Å²) in [4.78, 5) is 8.16. The summed E-state index contributed by atoms with van der Waals surface area (Å²) in [6.45, 7) is 1.07. The molecule has 2 aromatic rings. The minimum atomic E-state index is -2.61. The van der Waals surface area contributed by atoms with Gasteiger partial charge >= 0.3 is 6.55 Å². The van der Waals surface area contributed by atoms with Gasteiger partial charge < -0.3 is 15.4 Å². The van der Waals surface area contributed by atoms with Crippen molar-refractivity contribution in [1.82, 2.24) is 20.2 Å². The molecule has 1 aliphatic heterocycles. The van der Waals surface area contributed by atoms with Crippen LogP contribution < -0.4 is 10.6 Å². The van der Waals surface area contributed by atoms with Crippen LogP contribution in [0.5, 0.6) is 0 Å². The number of aromatic nitrogens is 2. The molecule has 0 spiro atoms. The zero-order valence-electron chi connectivity index (χ0n) is 16.6. The Morgan fingerprint density at radius 1 is 1.31 bits per heavy atom. The van der Waals surface area contributed by atoms with Crippen molar-refractivity contribution in [2.24, 2.45) is 10.9 Å².